The number of methoxy groups -OCH3 is 1. The molecule has 3 amide bonds. The number of ether oxygens (including phenoxy) is 2. The Morgan fingerprint density at radius 2 is 1.68 bits per heavy atom. The predicted octanol–water partition coefficient (Wildman–Crippen LogP) is 4.45. The summed E-state index contributed by atoms with van der Waals surface area (Å²) in [4.78, 5) is 40.3. The SMILES string of the molecule is CCCN(C(=O)CNC(=O)OC(C)(C)C)C(C(=O)Nc1ccc(OC)cc1)c1ccccc1C. The van der Waals surface area contributed by atoms with Gasteiger partial charge in [-0.1, -0.05) is 31.2 Å². The first-order chi connectivity index (χ1) is 16.1. The third kappa shape index (κ3) is 7.79. The van der Waals surface area contributed by atoms with Crippen molar-refractivity contribution in [3.8, 4) is 5.75 Å². The zero-order chi connectivity index (χ0) is 25.3. The molecule has 0 aliphatic carbocycles. The maximum atomic E-state index is 13.5. The van der Waals surface area contributed by atoms with Crippen molar-refractivity contribution in [3.63, 3.8) is 0 Å². The molecular formula is C26H35N3O5. The molecule has 2 N–H and O–H groups in total. The lowest BCUT2D eigenvalue weighted by atomic mass is 9.98. The van der Waals surface area contributed by atoms with Crippen LogP contribution in [0.3, 0.4) is 0 Å². The average molecular weight is 470 g/mol. The molecule has 0 aromatic heterocycles. The molecule has 2 aromatic carbocycles. The Morgan fingerprint density at radius 1 is 1.03 bits per heavy atom. The number of carbonyl (C=O) groups excluding carboxylic acids is 3. The molecule has 0 saturated carbocycles. The lowest BCUT2D eigenvalue weighted by molar-refractivity contribution is -0.138. The lowest BCUT2D eigenvalue weighted by Crippen LogP contribution is -2.47. The number of amides is 3. The van der Waals surface area contributed by atoms with Crippen molar-refractivity contribution >= 4 is 23.6 Å². The van der Waals surface area contributed by atoms with Crippen molar-refractivity contribution in [2.75, 3.05) is 25.5 Å². The Morgan fingerprint density at radius 3 is 2.24 bits per heavy atom. The fourth-order valence-corrected chi connectivity index (χ4v) is 3.43. The molecule has 0 aliphatic heterocycles. The molecule has 184 valence electrons. The van der Waals surface area contributed by atoms with Gasteiger partial charge in [-0.15, -0.1) is 0 Å². The van der Waals surface area contributed by atoms with Gasteiger partial charge in [-0.2, -0.15) is 0 Å². The Hall–Kier alpha value is -3.55. The summed E-state index contributed by atoms with van der Waals surface area (Å²) < 4.78 is 10.4. The van der Waals surface area contributed by atoms with Crippen LogP contribution in [-0.4, -0.2) is 48.6 Å². The van der Waals surface area contributed by atoms with Crippen LogP contribution in [0.1, 0.15) is 51.3 Å². The van der Waals surface area contributed by atoms with Crippen LogP contribution < -0.4 is 15.4 Å². The summed E-state index contributed by atoms with van der Waals surface area (Å²) in [7, 11) is 1.57. The number of nitrogens with zero attached hydrogens (tertiary/aromatic N) is 1. The monoisotopic (exact) mass is 469 g/mol. The highest BCUT2D eigenvalue weighted by Gasteiger charge is 2.32. The maximum absolute atomic E-state index is 13.5. The predicted molar refractivity (Wildman–Crippen MR) is 132 cm³/mol. The van der Waals surface area contributed by atoms with E-state index in [1.54, 1.807) is 52.1 Å². The van der Waals surface area contributed by atoms with Gasteiger partial charge in [0.05, 0.1) is 7.11 Å². The molecule has 2 aromatic rings. The molecule has 0 fully saturated rings. The highest BCUT2D eigenvalue weighted by molar-refractivity contribution is 5.98. The molecule has 2 rings (SSSR count). The molecule has 34 heavy (non-hydrogen) atoms. The quantitative estimate of drug-likeness (QED) is 0.566. The molecular weight excluding hydrogens is 434 g/mol. The number of anilines is 1. The average Bonchev–Trinajstić information content (AvgIpc) is 2.77. The van der Waals surface area contributed by atoms with E-state index >= 15 is 0 Å². The Labute approximate surface area is 201 Å². The summed E-state index contributed by atoms with van der Waals surface area (Å²) >= 11 is 0. The van der Waals surface area contributed by atoms with E-state index < -0.39 is 17.7 Å². The van der Waals surface area contributed by atoms with Crippen LogP contribution in [0.15, 0.2) is 48.5 Å². The molecule has 0 aliphatic rings. The first kappa shape index (κ1) is 26.7. The van der Waals surface area contributed by atoms with Gasteiger partial charge in [0.2, 0.25) is 5.91 Å². The van der Waals surface area contributed by atoms with Crippen LogP contribution in [0.2, 0.25) is 0 Å². The van der Waals surface area contributed by atoms with Gasteiger partial charge in [-0.05, 0) is 69.5 Å². The van der Waals surface area contributed by atoms with E-state index in [4.69, 9.17) is 9.47 Å². The van der Waals surface area contributed by atoms with E-state index in [9.17, 15) is 14.4 Å². The fourth-order valence-electron chi connectivity index (χ4n) is 3.43. The summed E-state index contributed by atoms with van der Waals surface area (Å²) in [6, 6.07) is 13.5. The third-order valence-electron chi connectivity index (χ3n) is 4.97. The van der Waals surface area contributed by atoms with Crippen molar-refractivity contribution in [1.82, 2.24) is 10.2 Å². The normalized spacial score (nSPS) is 11.8. The van der Waals surface area contributed by atoms with Crippen molar-refractivity contribution in [3.05, 3.63) is 59.7 Å². The topological polar surface area (TPSA) is 97.0 Å². The summed E-state index contributed by atoms with van der Waals surface area (Å²) in [5, 5.41) is 5.41. The molecule has 0 radical (unpaired) electrons. The molecule has 1 unspecified atom stereocenters. The van der Waals surface area contributed by atoms with Gasteiger partial charge >= 0.3 is 6.09 Å². The first-order valence-electron chi connectivity index (χ1n) is 11.3. The number of rotatable bonds is 9. The van der Waals surface area contributed by atoms with Crippen molar-refractivity contribution in [2.45, 2.75) is 52.7 Å². The minimum atomic E-state index is -0.879. The van der Waals surface area contributed by atoms with Gasteiger partial charge in [-0.3, -0.25) is 9.59 Å². The van der Waals surface area contributed by atoms with E-state index in [1.807, 2.05) is 38.1 Å². The molecule has 0 spiro atoms. The maximum Gasteiger partial charge on any atom is 0.408 e. The minimum absolute atomic E-state index is 0.285. The number of aryl methyl sites for hydroxylation is 1. The number of alkyl carbamates (subject to hydrolysis) is 1. The largest absolute Gasteiger partial charge is 0.497 e. The fraction of sp³-hybridized carbons (Fsp3) is 0.423. The number of hydrogen-bond acceptors (Lipinski definition) is 5. The zero-order valence-corrected chi connectivity index (χ0v) is 20.8. The summed E-state index contributed by atoms with van der Waals surface area (Å²) in [6.07, 6.45) is -0.0523. The zero-order valence-electron chi connectivity index (χ0n) is 20.8. The van der Waals surface area contributed by atoms with Gasteiger partial charge in [0, 0.05) is 12.2 Å². The standard InChI is InChI=1S/C26H35N3O5/c1-7-16-29(22(30)17-27-25(32)34-26(3,4)5)23(21-11-9-8-10-18(21)2)24(31)28-19-12-14-20(33-6)15-13-19/h8-15,23H,7,16-17H2,1-6H3,(H,27,32)(H,28,31). The van der Waals surface area contributed by atoms with Crippen molar-refractivity contribution in [2.24, 2.45) is 0 Å². The summed E-state index contributed by atoms with van der Waals surface area (Å²) in [5.74, 6) is -0.0613. The molecule has 0 bridgehead atoms. The van der Waals surface area contributed by atoms with Crippen LogP contribution >= 0.6 is 0 Å². The Balaban J connectivity index is 2.31. The molecule has 0 saturated heterocycles. The van der Waals surface area contributed by atoms with Crippen LogP contribution in [0, 0.1) is 6.92 Å². The summed E-state index contributed by atoms with van der Waals surface area (Å²) in [5.41, 5.74) is 1.50. The second kappa shape index (κ2) is 12.1. The molecule has 8 heteroatoms. The van der Waals surface area contributed by atoms with Gasteiger partial charge < -0.3 is 25.0 Å². The van der Waals surface area contributed by atoms with Gasteiger partial charge in [0.1, 0.15) is 23.9 Å². The van der Waals surface area contributed by atoms with Crippen LogP contribution in [-0.2, 0) is 14.3 Å². The Kier molecular flexibility index (Phi) is 9.47. The van der Waals surface area contributed by atoms with Crippen LogP contribution in [0.5, 0.6) is 5.75 Å². The highest BCUT2D eigenvalue weighted by atomic mass is 16.6. The first-order valence-corrected chi connectivity index (χ1v) is 11.3. The number of benzene rings is 2. The van der Waals surface area contributed by atoms with Crippen molar-refractivity contribution < 1.29 is 23.9 Å². The highest BCUT2D eigenvalue weighted by Crippen LogP contribution is 2.27. The Bertz CT molecular complexity index is 983. The van der Waals surface area contributed by atoms with Gasteiger partial charge in [0.15, 0.2) is 0 Å². The van der Waals surface area contributed by atoms with E-state index in [0.29, 0.717) is 30.0 Å². The van der Waals surface area contributed by atoms with E-state index in [1.165, 1.54) is 4.90 Å². The number of carbonyl (C=O) groups is 3. The van der Waals surface area contributed by atoms with Crippen LogP contribution in [0.4, 0.5) is 10.5 Å². The van der Waals surface area contributed by atoms with Crippen molar-refractivity contribution in [1.29, 1.82) is 0 Å². The molecule has 8 nitrogen and oxygen atoms in total. The van der Waals surface area contributed by atoms with Gasteiger partial charge in [-0.25, -0.2) is 4.79 Å². The molecule has 0 heterocycles. The summed E-state index contributed by atoms with van der Waals surface area (Å²) in [6.45, 7) is 9.12. The van der Waals surface area contributed by atoms with E-state index in [-0.39, 0.29) is 18.4 Å². The smallest absolute Gasteiger partial charge is 0.408 e. The van der Waals surface area contributed by atoms with E-state index in [2.05, 4.69) is 10.6 Å². The van der Waals surface area contributed by atoms with E-state index in [0.717, 1.165) is 5.56 Å². The molecule has 1 atom stereocenters. The second-order valence-electron chi connectivity index (χ2n) is 8.92. The second-order valence-corrected chi connectivity index (χ2v) is 8.92. The number of hydrogen-bond donors (Lipinski definition) is 2. The lowest BCUT2D eigenvalue weighted by Gasteiger charge is -2.32. The third-order valence-corrected chi connectivity index (χ3v) is 4.97. The van der Waals surface area contributed by atoms with Gasteiger partial charge in [0.25, 0.3) is 5.91 Å². The van der Waals surface area contributed by atoms with Crippen LogP contribution in [0.25, 0.3) is 0 Å². The number of nitrogens with one attached hydrogen (secondary N) is 2. The minimum Gasteiger partial charge on any atom is -0.497 e.